The third-order valence-corrected chi connectivity index (χ3v) is 5.18. The van der Waals surface area contributed by atoms with E-state index in [1.807, 2.05) is 5.16 Å². The van der Waals surface area contributed by atoms with Crippen LogP contribution in [0.3, 0.4) is 0 Å². The van der Waals surface area contributed by atoms with Crippen molar-refractivity contribution in [2.45, 2.75) is 39.0 Å². The van der Waals surface area contributed by atoms with Crippen LogP contribution < -0.4 is 0 Å². The van der Waals surface area contributed by atoms with Crippen molar-refractivity contribution in [3.05, 3.63) is 88.7 Å². The second-order valence-corrected chi connectivity index (χ2v) is 7.81. The standard InChI is InChI=1S/C29H22F3NS/c1-2-3-4-5-6-7-8-22-12-16-24(26(30)17-22)15-11-21-9-13-23(14-10-21)25-18-27(31)29(33-20-34)28(32)19-25/h9-10,12-14,16-19H,2-6H2,1H3. The van der Waals surface area contributed by atoms with Gasteiger partial charge in [-0.2, -0.15) is 4.99 Å². The van der Waals surface area contributed by atoms with Crippen LogP contribution in [0.2, 0.25) is 0 Å². The normalized spacial score (nSPS) is 9.88. The molecule has 170 valence electrons. The maximum atomic E-state index is 14.4. The number of nitrogens with zero attached hydrogens (tertiary/aromatic N) is 1. The van der Waals surface area contributed by atoms with E-state index in [-0.39, 0.29) is 5.56 Å². The number of halogens is 3. The molecule has 0 saturated heterocycles. The highest BCUT2D eigenvalue weighted by Gasteiger charge is 2.11. The summed E-state index contributed by atoms with van der Waals surface area (Å²) in [6.07, 6.45) is 5.43. The predicted molar refractivity (Wildman–Crippen MR) is 134 cm³/mol. The molecule has 5 heteroatoms. The monoisotopic (exact) mass is 473 g/mol. The van der Waals surface area contributed by atoms with Gasteiger partial charge in [0.25, 0.3) is 0 Å². The molecule has 0 amide bonds. The molecule has 3 aromatic carbocycles. The van der Waals surface area contributed by atoms with Crippen molar-refractivity contribution in [1.82, 2.24) is 0 Å². The van der Waals surface area contributed by atoms with Gasteiger partial charge in [-0.3, -0.25) is 0 Å². The number of isothiocyanates is 1. The summed E-state index contributed by atoms with van der Waals surface area (Å²) < 4.78 is 42.6. The molecule has 34 heavy (non-hydrogen) atoms. The van der Waals surface area contributed by atoms with E-state index in [1.165, 1.54) is 37.5 Å². The zero-order chi connectivity index (χ0) is 24.3. The van der Waals surface area contributed by atoms with E-state index in [4.69, 9.17) is 0 Å². The summed E-state index contributed by atoms with van der Waals surface area (Å²) in [5.41, 5.74) is 2.03. The minimum atomic E-state index is -0.823. The number of thiocarbonyl (C=S) groups is 1. The molecule has 0 aromatic heterocycles. The van der Waals surface area contributed by atoms with Crippen LogP contribution in [0.4, 0.5) is 18.9 Å². The molecular formula is C29H22F3NS. The zero-order valence-corrected chi connectivity index (χ0v) is 19.5. The number of rotatable bonds is 6. The average Bonchev–Trinajstić information content (AvgIpc) is 2.83. The van der Waals surface area contributed by atoms with Gasteiger partial charge in [0.2, 0.25) is 0 Å². The van der Waals surface area contributed by atoms with Gasteiger partial charge in [-0.1, -0.05) is 62.0 Å². The lowest BCUT2D eigenvalue weighted by molar-refractivity contribution is 0.588. The van der Waals surface area contributed by atoms with E-state index in [0.717, 1.165) is 12.8 Å². The maximum absolute atomic E-state index is 14.4. The highest BCUT2D eigenvalue weighted by atomic mass is 32.1. The van der Waals surface area contributed by atoms with Crippen LogP contribution in [0.1, 0.15) is 55.7 Å². The molecule has 1 nitrogen and oxygen atoms in total. The van der Waals surface area contributed by atoms with Crippen LogP contribution in [0.15, 0.2) is 59.6 Å². The second-order valence-electron chi connectivity index (χ2n) is 7.63. The molecule has 0 atom stereocenters. The van der Waals surface area contributed by atoms with Crippen molar-refractivity contribution in [3.8, 4) is 34.8 Å². The lowest BCUT2D eigenvalue weighted by Crippen LogP contribution is -1.87. The van der Waals surface area contributed by atoms with E-state index >= 15 is 0 Å². The third-order valence-electron chi connectivity index (χ3n) is 5.09. The van der Waals surface area contributed by atoms with Crippen molar-refractivity contribution in [1.29, 1.82) is 0 Å². The van der Waals surface area contributed by atoms with Gasteiger partial charge in [0.15, 0.2) is 11.6 Å². The Kier molecular flexibility index (Phi) is 9.24. The van der Waals surface area contributed by atoms with E-state index in [0.29, 0.717) is 22.3 Å². The summed E-state index contributed by atoms with van der Waals surface area (Å²) in [6, 6.07) is 13.9. The molecule has 3 rings (SSSR count). The van der Waals surface area contributed by atoms with Gasteiger partial charge in [-0.15, -0.1) is 0 Å². The summed E-state index contributed by atoms with van der Waals surface area (Å²) in [7, 11) is 0. The van der Waals surface area contributed by atoms with Crippen molar-refractivity contribution >= 4 is 23.1 Å². The molecule has 0 heterocycles. The molecule has 0 fully saturated rings. The van der Waals surface area contributed by atoms with Gasteiger partial charge < -0.3 is 0 Å². The quantitative estimate of drug-likeness (QED) is 0.152. The molecule has 0 aliphatic rings. The highest BCUT2D eigenvalue weighted by Crippen LogP contribution is 2.29. The van der Waals surface area contributed by atoms with E-state index in [2.05, 4.69) is 47.8 Å². The van der Waals surface area contributed by atoms with Crippen LogP contribution >= 0.6 is 12.2 Å². The topological polar surface area (TPSA) is 12.4 Å². The van der Waals surface area contributed by atoms with E-state index in [9.17, 15) is 13.2 Å². The zero-order valence-electron chi connectivity index (χ0n) is 18.7. The van der Waals surface area contributed by atoms with Gasteiger partial charge in [0, 0.05) is 17.5 Å². The lowest BCUT2D eigenvalue weighted by Gasteiger charge is -2.05. The number of aliphatic imine (C=N–C) groups is 1. The largest absolute Gasteiger partial charge is 0.206 e. The molecule has 0 spiro atoms. The van der Waals surface area contributed by atoms with Gasteiger partial charge in [-0.25, -0.2) is 13.2 Å². The van der Waals surface area contributed by atoms with Crippen LogP contribution in [0, 0.1) is 41.1 Å². The van der Waals surface area contributed by atoms with Crippen LogP contribution in [0.25, 0.3) is 11.1 Å². The van der Waals surface area contributed by atoms with Gasteiger partial charge in [-0.05, 0) is 72.2 Å². The lowest BCUT2D eigenvalue weighted by atomic mass is 10.0. The first kappa shape index (κ1) is 25.0. The van der Waals surface area contributed by atoms with E-state index < -0.39 is 23.1 Å². The fourth-order valence-corrected chi connectivity index (χ4v) is 3.36. The van der Waals surface area contributed by atoms with Gasteiger partial charge >= 0.3 is 0 Å². The van der Waals surface area contributed by atoms with Crippen molar-refractivity contribution in [2.75, 3.05) is 0 Å². The van der Waals surface area contributed by atoms with Gasteiger partial charge in [0.1, 0.15) is 11.5 Å². The fraction of sp³-hybridized carbons (Fsp3) is 0.207. The Hall–Kier alpha value is -3.63. The smallest absolute Gasteiger partial charge is 0.153 e. The average molecular weight is 474 g/mol. The Morgan fingerprint density at radius 3 is 2.09 bits per heavy atom. The SMILES string of the molecule is CCCCCCC#Cc1ccc(C#Cc2ccc(-c3cc(F)c(N=C=S)c(F)c3)cc2)c(F)c1. The first-order chi connectivity index (χ1) is 16.5. The predicted octanol–water partition coefficient (Wildman–Crippen LogP) is 8.23. The molecule has 0 aliphatic heterocycles. The molecular weight excluding hydrogens is 451 g/mol. The van der Waals surface area contributed by atoms with Gasteiger partial charge in [0.05, 0.1) is 10.7 Å². The minimum absolute atomic E-state index is 0.274. The Morgan fingerprint density at radius 2 is 1.44 bits per heavy atom. The van der Waals surface area contributed by atoms with Crippen LogP contribution in [-0.2, 0) is 0 Å². The summed E-state index contributed by atoms with van der Waals surface area (Å²) >= 11 is 4.41. The Bertz CT molecular complexity index is 1310. The van der Waals surface area contributed by atoms with Crippen molar-refractivity contribution in [3.63, 3.8) is 0 Å². The summed E-state index contributed by atoms with van der Waals surface area (Å²) in [5.74, 6) is 9.75. The molecule has 0 saturated carbocycles. The fourth-order valence-electron chi connectivity index (χ4n) is 3.27. The summed E-state index contributed by atoms with van der Waals surface area (Å²) in [4.78, 5) is 3.41. The van der Waals surface area contributed by atoms with Crippen molar-refractivity contribution in [2.24, 2.45) is 4.99 Å². The number of hydrogen-bond acceptors (Lipinski definition) is 2. The summed E-state index contributed by atoms with van der Waals surface area (Å²) in [6.45, 7) is 2.17. The molecule has 0 N–H and O–H groups in total. The second kappa shape index (κ2) is 12.6. The molecule has 0 unspecified atom stereocenters. The minimum Gasteiger partial charge on any atom is -0.206 e. The molecule has 0 radical (unpaired) electrons. The Labute approximate surface area is 203 Å². The number of hydrogen-bond donors (Lipinski definition) is 0. The van der Waals surface area contributed by atoms with E-state index in [1.54, 1.807) is 36.4 Å². The van der Waals surface area contributed by atoms with Crippen molar-refractivity contribution < 1.29 is 13.2 Å². The number of benzene rings is 3. The van der Waals surface area contributed by atoms with Crippen LogP contribution in [-0.4, -0.2) is 5.16 Å². The third kappa shape index (κ3) is 6.93. The summed E-state index contributed by atoms with van der Waals surface area (Å²) in [5, 5.41) is 1.96. The Morgan fingerprint density at radius 1 is 0.735 bits per heavy atom. The maximum Gasteiger partial charge on any atom is 0.153 e. The first-order valence-electron chi connectivity index (χ1n) is 11.0. The Balaban J connectivity index is 1.70. The first-order valence-corrected chi connectivity index (χ1v) is 11.4. The molecule has 3 aromatic rings. The number of unbranched alkanes of at least 4 members (excludes halogenated alkanes) is 4. The molecule has 0 bridgehead atoms. The highest BCUT2D eigenvalue weighted by molar-refractivity contribution is 7.78. The molecule has 0 aliphatic carbocycles. The van der Waals surface area contributed by atoms with Crippen LogP contribution in [0.5, 0.6) is 0 Å².